The molecule has 0 radical (unpaired) electrons. The Morgan fingerprint density at radius 2 is 2.17 bits per heavy atom. The van der Waals surface area contributed by atoms with Crippen LogP contribution in [0.25, 0.3) is 16.6 Å². The summed E-state index contributed by atoms with van der Waals surface area (Å²) in [6.45, 7) is 6.45. The van der Waals surface area contributed by atoms with Gasteiger partial charge in [0.1, 0.15) is 11.3 Å². The maximum absolute atomic E-state index is 12.9. The minimum absolute atomic E-state index is 0.321. The van der Waals surface area contributed by atoms with Crippen molar-refractivity contribution in [1.82, 2.24) is 24.4 Å². The quantitative estimate of drug-likeness (QED) is 0.487. The molecule has 3 aromatic heterocycles. The van der Waals surface area contributed by atoms with Crippen LogP contribution in [0, 0.1) is 0 Å². The number of carbonyl (C=O) groups excluding carboxylic acids is 1. The third-order valence-corrected chi connectivity index (χ3v) is 4.68. The fourth-order valence-corrected chi connectivity index (χ4v) is 3.16. The lowest BCUT2D eigenvalue weighted by atomic mass is 10.1. The number of aliphatic hydroxyl groups is 1. The van der Waals surface area contributed by atoms with Crippen LogP contribution in [-0.2, 0) is 6.54 Å². The molecule has 0 saturated carbocycles. The average molecular weight is 408 g/mol. The number of anilines is 1. The summed E-state index contributed by atoms with van der Waals surface area (Å²) in [6, 6.07) is 5.40. The van der Waals surface area contributed by atoms with E-state index < -0.39 is 5.60 Å². The van der Waals surface area contributed by atoms with Gasteiger partial charge in [-0.1, -0.05) is 0 Å². The normalized spacial score (nSPS) is 11.9. The molecule has 9 heteroatoms. The zero-order valence-corrected chi connectivity index (χ0v) is 17.2. The standard InChI is InChI=1S/C21H24N6O3/c1-4-30-18-11-16-14(13-26(25-16)9-6-21(2,3)29)10-17(18)24-20(28)15-12-23-27-8-5-7-22-19(15)27/h5,7-8,10-13,29H,4,6,9H2,1-3H3,(H,24,28). The molecule has 0 aliphatic carbocycles. The molecule has 0 saturated heterocycles. The maximum Gasteiger partial charge on any atom is 0.261 e. The number of amides is 1. The van der Waals surface area contributed by atoms with Gasteiger partial charge in [0.25, 0.3) is 5.91 Å². The van der Waals surface area contributed by atoms with Gasteiger partial charge in [-0.25, -0.2) is 9.50 Å². The van der Waals surface area contributed by atoms with Gasteiger partial charge in [-0.2, -0.15) is 10.2 Å². The van der Waals surface area contributed by atoms with E-state index >= 15 is 0 Å². The summed E-state index contributed by atoms with van der Waals surface area (Å²) in [7, 11) is 0. The average Bonchev–Trinajstić information content (AvgIpc) is 3.29. The predicted octanol–water partition coefficient (Wildman–Crippen LogP) is 2.89. The number of fused-ring (bicyclic) bond motifs is 2. The number of benzene rings is 1. The minimum Gasteiger partial charge on any atom is -0.492 e. The molecule has 0 aliphatic heterocycles. The van der Waals surface area contributed by atoms with Crippen molar-refractivity contribution >= 4 is 28.1 Å². The van der Waals surface area contributed by atoms with E-state index in [1.54, 1.807) is 41.5 Å². The first-order valence-corrected chi connectivity index (χ1v) is 9.80. The van der Waals surface area contributed by atoms with Crippen molar-refractivity contribution in [1.29, 1.82) is 0 Å². The van der Waals surface area contributed by atoms with Gasteiger partial charge in [0.15, 0.2) is 5.65 Å². The molecule has 4 aromatic rings. The van der Waals surface area contributed by atoms with Crippen molar-refractivity contribution in [2.45, 2.75) is 39.3 Å². The summed E-state index contributed by atoms with van der Waals surface area (Å²) < 4.78 is 9.07. The van der Waals surface area contributed by atoms with Gasteiger partial charge in [-0.15, -0.1) is 0 Å². The van der Waals surface area contributed by atoms with Crippen molar-refractivity contribution in [2.24, 2.45) is 0 Å². The Morgan fingerprint density at radius 1 is 1.33 bits per heavy atom. The van der Waals surface area contributed by atoms with E-state index in [1.807, 2.05) is 25.3 Å². The van der Waals surface area contributed by atoms with E-state index in [2.05, 4.69) is 20.5 Å². The largest absolute Gasteiger partial charge is 0.492 e. The Balaban J connectivity index is 1.64. The first-order valence-electron chi connectivity index (χ1n) is 9.80. The third-order valence-electron chi connectivity index (χ3n) is 4.68. The van der Waals surface area contributed by atoms with Crippen LogP contribution in [0.2, 0.25) is 0 Å². The SMILES string of the molecule is CCOc1cc2nn(CCC(C)(C)O)cc2cc1NC(=O)c1cnn2cccnc12. The second-order valence-corrected chi connectivity index (χ2v) is 7.70. The summed E-state index contributed by atoms with van der Waals surface area (Å²) in [5, 5.41) is 22.5. The number of hydrogen-bond acceptors (Lipinski definition) is 6. The third kappa shape index (κ3) is 4.11. The molecule has 0 unspecified atom stereocenters. The van der Waals surface area contributed by atoms with Crippen LogP contribution in [0.4, 0.5) is 5.69 Å². The van der Waals surface area contributed by atoms with Gasteiger partial charge in [0.05, 0.1) is 29.6 Å². The number of rotatable bonds is 7. The van der Waals surface area contributed by atoms with Crippen molar-refractivity contribution in [3.63, 3.8) is 0 Å². The van der Waals surface area contributed by atoms with Crippen molar-refractivity contribution in [3.8, 4) is 5.75 Å². The zero-order chi connectivity index (χ0) is 21.3. The second-order valence-electron chi connectivity index (χ2n) is 7.70. The Labute approximate surface area is 173 Å². The van der Waals surface area contributed by atoms with Gasteiger partial charge >= 0.3 is 0 Å². The lowest BCUT2D eigenvalue weighted by Gasteiger charge is -2.16. The lowest BCUT2D eigenvalue weighted by Crippen LogP contribution is -2.21. The maximum atomic E-state index is 12.9. The summed E-state index contributed by atoms with van der Waals surface area (Å²) >= 11 is 0. The minimum atomic E-state index is -0.768. The molecule has 2 N–H and O–H groups in total. The van der Waals surface area contributed by atoms with E-state index in [1.165, 1.54) is 6.20 Å². The van der Waals surface area contributed by atoms with Crippen LogP contribution in [0.1, 0.15) is 37.6 Å². The molecule has 9 nitrogen and oxygen atoms in total. The molecule has 0 fully saturated rings. The van der Waals surface area contributed by atoms with Crippen LogP contribution in [0.15, 0.2) is 43.0 Å². The number of aryl methyl sites for hydroxylation is 1. The van der Waals surface area contributed by atoms with E-state index in [9.17, 15) is 9.90 Å². The number of ether oxygens (including phenoxy) is 1. The van der Waals surface area contributed by atoms with Crippen molar-refractivity contribution < 1.29 is 14.6 Å². The van der Waals surface area contributed by atoms with Gasteiger partial charge in [0.2, 0.25) is 0 Å². The van der Waals surface area contributed by atoms with Gasteiger partial charge in [-0.3, -0.25) is 9.48 Å². The summed E-state index contributed by atoms with van der Waals surface area (Å²) in [4.78, 5) is 17.1. The highest BCUT2D eigenvalue weighted by molar-refractivity contribution is 6.09. The monoisotopic (exact) mass is 408 g/mol. The fraction of sp³-hybridized carbons (Fsp3) is 0.333. The number of aromatic nitrogens is 5. The van der Waals surface area contributed by atoms with Crippen LogP contribution in [0.3, 0.4) is 0 Å². The van der Waals surface area contributed by atoms with E-state index in [-0.39, 0.29) is 5.91 Å². The highest BCUT2D eigenvalue weighted by Crippen LogP contribution is 2.31. The van der Waals surface area contributed by atoms with Crippen LogP contribution in [0.5, 0.6) is 5.75 Å². The Kier molecular flexibility index (Phi) is 5.13. The number of nitrogens with one attached hydrogen (secondary N) is 1. The van der Waals surface area contributed by atoms with Gasteiger partial charge < -0.3 is 15.2 Å². The lowest BCUT2D eigenvalue weighted by molar-refractivity contribution is 0.0651. The second kappa shape index (κ2) is 7.75. The molecule has 1 aromatic carbocycles. The number of nitrogens with zero attached hydrogens (tertiary/aromatic N) is 5. The van der Waals surface area contributed by atoms with E-state index in [0.717, 1.165) is 10.9 Å². The summed E-state index contributed by atoms with van der Waals surface area (Å²) in [6.07, 6.45) is 7.31. The summed E-state index contributed by atoms with van der Waals surface area (Å²) in [5.74, 6) is 0.217. The topological polar surface area (TPSA) is 107 Å². The molecular formula is C21H24N6O3. The fourth-order valence-electron chi connectivity index (χ4n) is 3.16. The highest BCUT2D eigenvalue weighted by Gasteiger charge is 2.18. The van der Waals surface area contributed by atoms with Gasteiger partial charge in [-0.05, 0) is 39.3 Å². The van der Waals surface area contributed by atoms with E-state index in [4.69, 9.17) is 4.74 Å². The first-order chi connectivity index (χ1) is 14.3. The van der Waals surface area contributed by atoms with Crippen molar-refractivity contribution in [2.75, 3.05) is 11.9 Å². The first kappa shape index (κ1) is 19.8. The molecule has 4 rings (SSSR count). The molecule has 0 aliphatic rings. The molecule has 0 bridgehead atoms. The Bertz CT molecular complexity index is 1200. The molecule has 1 amide bonds. The Hall–Kier alpha value is -3.46. The molecule has 0 spiro atoms. The van der Waals surface area contributed by atoms with Crippen LogP contribution >= 0.6 is 0 Å². The number of carbonyl (C=O) groups is 1. The summed E-state index contributed by atoms with van der Waals surface area (Å²) in [5.41, 5.74) is 1.39. The smallest absolute Gasteiger partial charge is 0.261 e. The van der Waals surface area contributed by atoms with E-state index in [0.29, 0.717) is 42.2 Å². The molecule has 3 heterocycles. The Morgan fingerprint density at radius 3 is 2.93 bits per heavy atom. The molecule has 0 atom stereocenters. The number of hydrogen-bond donors (Lipinski definition) is 2. The molecule has 30 heavy (non-hydrogen) atoms. The van der Waals surface area contributed by atoms with Crippen LogP contribution in [-0.4, -0.2) is 47.6 Å². The zero-order valence-electron chi connectivity index (χ0n) is 17.2. The predicted molar refractivity (Wildman–Crippen MR) is 113 cm³/mol. The van der Waals surface area contributed by atoms with Crippen molar-refractivity contribution in [3.05, 3.63) is 48.5 Å². The highest BCUT2D eigenvalue weighted by atomic mass is 16.5. The van der Waals surface area contributed by atoms with Crippen LogP contribution < -0.4 is 10.1 Å². The molecule has 156 valence electrons. The molecular weight excluding hydrogens is 384 g/mol. The van der Waals surface area contributed by atoms with Gasteiger partial charge in [0, 0.05) is 36.6 Å².